The lowest BCUT2D eigenvalue weighted by atomic mass is 9.96. The Morgan fingerprint density at radius 1 is 0.962 bits per heavy atom. The van der Waals surface area contributed by atoms with Crippen LogP contribution in [0.3, 0.4) is 0 Å². The number of hydrazine groups is 1. The number of benzene rings is 2. The predicted octanol–water partition coefficient (Wildman–Crippen LogP) is 3.41. The third kappa shape index (κ3) is 4.85. The van der Waals surface area contributed by atoms with Crippen LogP contribution < -0.4 is 15.6 Å². The maximum Gasteiger partial charge on any atom is 0.279 e. The molecule has 0 aliphatic carbocycles. The average molecular weight is 354 g/mol. The van der Waals surface area contributed by atoms with Gasteiger partial charge in [0.2, 0.25) is 5.91 Å². The fourth-order valence-corrected chi connectivity index (χ4v) is 2.67. The van der Waals surface area contributed by atoms with E-state index in [-0.39, 0.29) is 11.8 Å². The largest absolute Gasteiger partial charge is 0.481 e. The molecule has 0 aliphatic heterocycles. The molecule has 2 N–H and O–H groups in total. The van der Waals surface area contributed by atoms with E-state index in [2.05, 4.69) is 10.9 Å². The van der Waals surface area contributed by atoms with Gasteiger partial charge in [-0.05, 0) is 49.9 Å². The lowest BCUT2D eigenvalue weighted by molar-refractivity contribution is -0.133. The van der Waals surface area contributed by atoms with Gasteiger partial charge < -0.3 is 4.74 Å². The van der Waals surface area contributed by atoms with Crippen LogP contribution in [0.2, 0.25) is 0 Å². The summed E-state index contributed by atoms with van der Waals surface area (Å²) in [5.74, 6) is -0.297. The third-order valence-electron chi connectivity index (χ3n) is 4.46. The second-order valence-corrected chi connectivity index (χ2v) is 6.31. The van der Waals surface area contributed by atoms with E-state index in [1.807, 2.05) is 69.3 Å². The van der Waals surface area contributed by atoms with Crippen molar-refractivity contribution in [3.05, 3.63) is 65.2 Å². The zero-order valence-corrected chi connectivity index (χ0v) is 15.7. The number of rotatable bonds is 6. The van der Waals surface area contributed by atoms with Gasteiger partial charge in [-0.25, -0.2) is 0 Å². The van der Waals surface area contributed by atoms with E-state index in [0.29, 0.717) is 12.2 Å². The van der Waals surface area contributed by atoms with Crippen molar-refractivity contribution in [1.82, 2.24) is 10.9 Å². The summed E-state index contributed by atoms with van der Waals surface area (Å²) in [6, 6.07) is 15.2. The molecule has 2 aromatic carbocycles. The van der Waals surface area contributed by atoms with Crippen molar-refractivity contribution in [3.63, 3.8) is 0 Å². The first-order chi connectivity index (χ1) is 12.4. The van der Waals surface area contributed by atoms with E-state index >= 15 is 0 Å². The average Bonchev–Trinajstić information content (AvgIpc) is 2.65. The standard InChI is InChI=1S/C21H26N2O3/c1-5-18(17-11-7-6-8-12-17)21(25)23-22-20(24)16(4)26-19-13-9-10-14(2)15(19)3/h6-13,16,18H,5H2,1-4H3,(H,22,24)(H,23,25). The van der Waals surface area contributed by atoms with Crippen LogP contribution in [0.1, 0.15) is 42.9 Å². The van der Waals surface area contributed by atoms with E-state index in [9.17, 15) is 9.59 Å². The molecule has 0 spiro atoms. The Labute approximate surface area is 154 Å². The highest BCUT2D eigenvalue weighted by Gasteiger charge is 2.21. The van der Waals surface area contributed by atoms with Crippen LogP contribution in [0, 0.1) is 13.8 Å². The number of aryl methyl sites for hydroxylation is 1. The minimum Gasteiger partial charge on any atom is -0.481 e. The third-order valence-corrected chi connectivity index (χ3v) is 4.46. The van der Waals surface area contributed by atoms with Gasteiger partial charge in [0.05, 0.1) is 5.92 Å². The molecule has 0 bridgehead atoms. The van der Waals surface area contributed by atoms with Crippen molar-refractivity contribution in [2.45, 2.75) is 46.1 Å². The predicted molar refractivity (Wildman–Crippen MR) is 102 cm³/mol. The second-order valence-electron chi connectivity index (χ2n) is 6.31. The molecule has 2 amide bonds. The van der Waals surface area contributed by atoms with Gasteiger partial charge in [0, 0.05) is 0 Å². The number of carbonyl (C=O) groups is 2. The maximum atomic E-state index is 12.4. The Balaban J connectivity index is 1.92. The molecule has 0 saturated carbocycles. The zero-order chi connectivity index (χ0) is 19.1. The highest BCUT2D eigenvalue weighted by atomic mass is 16.5. The van der Waals surface area contributed by atoms with Crippen LogP contribution >= 0.6 is 0 Å². The smallest absolute Gasteiger partial charge is 0.279 e. The number of ether oxygens (including phenoxy) is 1. The number of carbonyl (C=O) groups excluding carboxylic acids is 2. The van der Waals surface area contributed by atoms with Gasteiger partial charge in [-0.1, -0.05) is 49.4 Å². The van der Waals surface area contributed by atoms with E-state index in [4.69, 9.17) is 4.74 Å². The minimum atomic E-state index is -0.729. The quantitative estimate of drug-likeness (QED) is 0.781. The molecule has 5 nitrogen and oxygen atoms in total. The van der Waals surface area contributed by atoms with Gasteiger partial charge in [-0.2, -0.15) is 0 Å². The number of hydrogen-bond acceptors (Lipinski definition) is 3. The van der Waals surface area contributed by atoms with Crippen molar-refractivity contribution in [1.29, 1.82) is 0 Å². The van der Waals surface area contributed by atoms with Crippen LogP contribution in [0.15, 0.2) is 48.5 Å². The first-order valence-corrected chi connectivity index (χ1v) is 8.81. The molecule has 5 heteroatoms. The molecule has 0 aliphatic rings. The van der Waals surface area contributed by atoms with Crippen LogP contribution in [-0.4, -0.2) is 17.9 Å². The van der Waals surface area contributed by atoms with E-state index in [1.54, 1.807) is 6.92 Å². The van der Waals surface area contributed by atoms with Crippen LogP contribution in [0.25, 0.3) is 0 Å². The van der Waals surface area contributed by atoms with Gasteiger partial charge >= 0.3 is 0 Å². The van der Waals surface area contributed by atoms with Gasteiger partial charge in [0.25, 0.3) is 5.91 Å². The maximum absolute atomic E-state index is 12.4. The molecule has 0 aromatic heterocycles. The van der Waals surface area contributed by atoms with Gasteiger partial charge in [0.1, 0.15) is 5.75 Å². The summed E-state index contributed by atoms with van der Waals surface area (Å²) in [5.41, 5.74) is 7.97. The normalized spacial score (nSPS) is 12.8. The van der Waals surface area contributed by atoms with Crippen molar-refractivity contribution in [2.75, 3.05) is 0 Å². The monoisotopic (exact) mass is 354 g/mol. The molecule has 26 heavy (non-hydrogen) atoms. The second kappa shape index (κ2) is 9.04. The van der Waals surface area contributed by atoms with Crippen molar-refractivity contribution in [3.8, 4) is 5.75 Å². The molecule has 0 fully saturated rings. The summed E-state index contributed by atoms with van der Waals surface area (Å²) >= 11 is 0. The summed E-state index contributed by atoms with van der Waals surface area (Å²) in [7, 11) is 0. The molecular weight excluding hydrogens is 328 g/mol. The number of hydrogen-bond donors (Lipinski definition) is 2. The molecule has 2 rings (SSSR count). The molecule has 0 radical (unpaired) electrons. The van der Waals surface area contributed by atoms with Crippen molar-refractivity contribution >= 4 is 11.8 Å². The van der Waals surface area contributed by atoms with Gasteiger partial charge in [0.15, 0.2) is 6.10 Å². The zero-order valence-electron chi connectivity index (χ0n) is 15.7. The Hall–Kier alpha value is -2.82. The Kier molecular flexibility index (Phi) is 6.78. The fraction of sp³-hybridized carbons (Fsp3) is 0.333. The Bertz CT molecular complexity index is 759. The first kappa shape index (κ1) is 19.5. The van der Waals surface area contributed by atoms with Gasteiger partial charge in [-0.15, -0.1) is 0 Å². The van der Waals surface area contributed by atoms with Crippen molar-refractivity contribution < 1.29 is 14.3 Å². The Morgan fingerprint density at radius 2 is 1.62 bits per heavy atom. The molecule has 2 unspecified atom stereocenters. The lowest BCUT2D eigenvalue weighted by Gasteiger charge is -2.19. The highest BCUT2D eigenvalue weighted by molar-refractivity contribution is 5.87. The number of amides is 2. The SMILES string of the molecule is CCC(C(=O)NNC(=O)C(C)Oc1cccc(C)c1C)c1ccccc1. The topological polar surface area (TPSA) is 67.4 Å². The first-order valence-electron chi connectivity index (χ1n) is 8.81. The molecule has 2 atom stereocenters. The van der Waals surface area contributed by atoms with Crippen molar-refractivity contribution in [2.24, 2.45) is 0 Å². The molecule has 138 valence electrons. The van der Waals surface area contributed by atoms with E-state index < -0.39 is 12.0 Å². The lowest BCUT2D eigenvalue weighted by Crippen LogP contribution is -2.48. The highest BCUT2D eigenvalue weighted by Crippen LogP contribution is 2.22. The number of nitrogens with one attached hydrogen (secondary N) is 2. The molecule has 0 saturated heterocycles. The summed E-state index contributed by atoms with van der Waals surface area (Å²) < 4.78 is 5.73. The van der Waals surface area contributed by atoms with E-state index in [0.717, 1.165) is 16.7 Å². The van der Waals surface area contributed by atoms with E-state index in [1.165, 1.54) is 0 Å². The minimum absolute atomic E-state index is 0.244. The molecular formula is C21H26N2O3. The molecule has 2 aromatic rings. The van der Waals surface area contributed by atoms with Crippen LogP contribution in [0.5, 0.6) is 5.75 Å². The summed E-state index contributed by atoms with van der Waals surface area (Å²) in [4.78, 5) is 24.6. The van der Waals surface area contributed by atoms with Gasteiger partial charge in [-0.3, -0.25) is 20.4 Å². The van der Waals surface area contributed by atoms with Crippen LogP contribution in [0.4, 0.5) is 0 Å². The molecule has 0 heterocycles. The summed E-state index contributed by atoms with van der Waals surface area (Å²) in [6.07, 6.45) is -0.0899. The Morgan fingerprint density at radius 3 is 2.27 bits per heavy atom. The van der Waals surface area contributed by atoms with Crippen LogP contribution in [-0.2, 0) is 9.59 Å². The summed E-state index contributed by atoms with van der Waals surface area (Å²) in [5, 5.41) is 0. The summed E-state index contributed by atoms with van der Waals surface area (Å²) in [6.45, 7) is 7.52. The fourth-order valence-electron chi connectivity index (χ4n) is 2.67.